The van der Waals surface area contributed by atoms with Gasteiger partial charge < -0.3 is 14.7 Å². The maximum absolute atomic E-state index is 11.5. The van der Waals surface area contributed by atoms with Crippen LogP contribution in [0.1, 0.15) is 12.1 Å². The first kappa shape index (κ1) is 12.8. The number of hydrogen-bond donors (Lipinski definition) is 1. The van der Waals surface area contributed by atoms with Gasteiger partial charge in [0.25, 0.3) is 10.8 Å². The molecule has 0 aliphatic heterocycles. The lowest BCUT2D eigenvalue weighted by atomic mass is 10.4. The molecular formula is C12H15N3O2S. The van der Waals surface area contributed by atoms with Gasteiger partial charge in [-0.3, -0.25) is 4.79 Å². The van der Waals surface area contributed by atoms with E-state index in [2.05, 4.69) is 4.98 Å². The molecule has 0 aliphatic carbocycles. The Morgan fingerprint density at radius 2 is 2.33 bits per heavy atom. The number of nitrogens with two attached hydrogens (primary N) is 1. The molecule has 0 radical (unpaired) electrons. The summed E-state index contributed by atoms with van der Waals surface area (Å²) in [7, 11) is 0. The van der Waals surface area contributed by atoms with Gasteiger partial charge >= 0.3 is 0 Å². The summed E-state index contributed by atoms with van der Waals surface area (Å²) in [5, 5.41) is 0.674. The molecule has 0 amide bonds. The molecule has 2 heterocycles. The highest BCUT2D eigenvalue weighted by molar-refractivity contribution is 7.99. The molecule has 0 saturated heterocycles. The van der Waals surface area contributed by atoms with Gasteiger partial charge in [0, 0.05) is 30.2 Å². The van der Waals surface area contributed by atoms with Gasteiger partial charge in [-0.25, -0.2) is 4.98 Å². The van der Waals surface area contributed by atoms with Crippen molar-refractivity contribution in [1.82, 2.24) is 9.55 Å². The van der Waals surface area contributed by atoms with E-state index in [1.807, 2.05) is 6.92 Å². The number of oxazole rings is 1. The molecule has 0 aromatic carbocycles. The number of rotatable bonds is 5. The van der Waals surface area contributed by atoms with Crippen LogP contribution in [0.4, 0.5) is 5.69 Å². The average molecular weight is 265 g/mol. The van der Waals surface area contributed by atoms with Gasteiger partial charge in [-0.2, -0.15) is 0 Å². The lowest BCUT2D eigenvalue weighted by Crippen LogP contribution is -2.19. The van der Waals surface area contributed by atoms with Crippen molar-refractivity contribution >= 4 is 17.4 Å². The molecule has 0 atom stereocenters. The fourth-order valence-corrected chi connectivity index (χ4v) is 2.29. The largest absolute Gasteiger partial charge is 0.440 e. The second kappa shape index (κ2) is 5.77. The number of aromatic nitrogens is 2. The van der Waals surface area contributed by atoms with Crippen molar-refractivity contribution in [3.05, 3.63) is 40.6 Å². The minimum Gasteiger partial charge on any atom is -0.440 e. The Balaban J connectivity index is 1.82. The van der Waals surface area contributed by atoms with Gasteiger partial charge in [-0.15, -0.1) is 0 Å². The van der Waals surface area contributed by atoms with Crippen LogP contribution in [0, 0.1) is 6.92 Å². The average Bonchev–Trinajstić information content (AvgIpc) is 2.75. The zero-order valence-corrected chi connectivity index (χ0v) is 10.9. The molecule has 18 heavy (non-hydrogen) atoms. The zero-order valence-electron chi connectivity index (χ0n) is 10.1. The molecule has 2 aromatic rings. The number of hydrogen-bond acceptors (Lipinski definition) is 5. The highest BCUT2D eigenvalue weighted by atomic mass is 32.2. The van der Waals surface area contributed by atoms with Crippen LogP contribution in [-0.2, 0) is 6.54 Å². The van der Waals surface area contributed by atoms with E-state index >= 15 is 0 Å². The lowest BCUT2D eigenvalue weighted by molar-refractivity contribution is 0.453. The fourth-order valence-electron chi connectivity index (χ4n) is 1.52. The summed E-state index contributed by atoms with van der Waals surface area (Å²) in [6, 6.07) is 3.10. The van der Waals surface area contributed by atoms with Crippen LogP contribution >= 0.6 is 11.8 Å². The molecule has 0 unspecified atom stereocenters. The predicted molar refractivity (Wildman–Crippen MR) is 71.7 cm³/mol. The van der Waals surface area contributed by atoms with E-state index in [1.165, 1.54) is 6.07 Å². The van der Waals surface area contributed by atoms with Gasteiger partial charge in [0.2, 0.25) is 0 Å². The number of pyridine rings is 1. The zero-order chi connectivity index (χ0) is 13.0. The summed E-state index contributed by atoms with van der Waals surface area (Å²) in [6.07, 6.45) is 4.16. The Labute approximate surface area is 109 Å². The topological polar surface area (TPSA) is 74.1 Å². The standard InChI is InChI=1S/C12H15N3O2S/c1-9-8-17-12(14-9)18-6-2-5-15-7-10(13)3-4-11(15)16/h3-4,7-8H,2,5-6,13H2,1H3. The van der Waals surface area contributed by atoms with E-state index in [0.29, 0.717) is 17.5 Å². The first-order valence-corrected chi connectivity index (χ1v) is 6.64. The van der Waals surface area contributed by atoms with Gasteiger partial charge in [-0.05, 0) is 19.4 Å². The molecule has 5 nitrogen and oxygen atoms in total. The third kappa shape index (κ3) is 3.40. The third-order valence-electron chi connectivity index (χ3n) is 2.37. The van der Waals surface area contributed by atoms with Gasteiger partial charge in [-0.1, -0.05) is 11.8 Å². The third-order valence-corrected chi connectivity index (χ3v) is 3.30. The summed E-state index contributed by atoms with van der Waals surface area (Å²) in [5.41, 5.74) is 7.09. The molecular weight excluding hydrogens is 250 g/mol. The smallest absolute Gasteiger partial charge is 0.255 e. The van der Waals surface area contributed by atoms with Gasteiger partial charge in [0.15, 0.2) is 0 Å². The van der Waals surface area contributed by atoms with Crippen molar-refractivity contribution in [2.45, 2.75) is 25.1 Å². The SMILES string of the molecule is Cc1coc(SCCCn2cc(N)ccc2=O)n1. The van der Waals surface area contributed by atoms with Crippen LogP contribution in [0.2, 0.25) is 0 Å². The summed E-state index contributed by atoms with van der Waals surface area (Å²) in [5.74, 6) is 0.848. The molecule has 0 aliphatic rings. The van der Waals surface area contributed by atoms with Gasteiger partial charge in [0.05, 0.1) is 5.69 Å². The lowest BCUT2D eigenvalue weighted by Gasteiger charge is -2.05. The minimum absolute atomic E-state index is 0.0267. The molecule has 0 bridgehead atoms. The van der Waals surface area contributed by atoms with Crippen LogP contribution in [0.3, 0.4) is 0 Å². The van der Waals surface area contributed by atoms with Crippen LogP contribution in [0.5, 0.6) is 0 Å². The number of anilines is 1. The Morgan fingerprint density at radius 1 is 1.50 bits per heavy atom. The Morgan fingerprint density at radius 3 is 3.06 bits per heavy atom. The fraction of sp³-hybridized carbons (Fsp3) is 0.333. The molecule has 0 spiro atoms. The van der Waals surface area contributed by atoms with Crippen LogP contribution < -0.4 is 11.3 Å². The quantitative estimate of drug-likeness (QED) is 0.660. The second-order valence-electron chi connectivity index (χ2n) is 3.95. The second-order valence-corrected chi connectivity index (χ2v) is 5.00. The van der Waals surface area contributed by atoms with Crippen molar-refractivity contribution in [1.29, 1.82) is 0 Å². The van der Waals surface area contributed by atoms with E-state index in [0.717, 1.165) is 17.9 Å². The van der Waals surface area contributed by atoms with Crippen molar-refractivity contribution < 1.29 is 4.42 Å². The van der Waals surface area contributed by atoms with Crippen LogP contribution in [0.15, 0.2) is 39.0 Å². The minimum atomic E-state index is -0.0267. The highest BCUT2D eigenvalue weighted by Gasteiger charge is 2.02. The van der Waals surface area contributed by atoms with E-state index < -0.39 is 0 Å². The summed E-state index contributed by atoms with van der Waals surface area (Å²) in [4.78, 5) is 15.7. The Bertz CT molecular complexity index is 577. The van der Waals surface area contributed by atoms with Crippen molar-refractivity contribution in [3.8, 4) is 0 Å². The van der Waals surface area contributed by atoms with E-state index in [9.17, 15) is 4.79 Å². The van der Waals surface area contributed by atoms with Crippen LogP contribution in [0.25, 0.3) is 0 Å². The van der Waals surface area contributed by atoms with Gasteiger partial charge in [0.1, 0.15) is 6.26 Å². The maximum atomic E-state index is 11.5. The number of aryl methyl sites for hydroxylation is 2. The van der Waals surface area contributed by atoms with Crippen LogP contribution in [-0.4, -0.2) is 15.3 Å². The molecule has 96 valence electrons. The Hall–Kier alpha value is -1.69. The normalized spacial score (nSPS) is 10.7. The first-order valence-electron chi connectivity index (χ1n) is 5.66. The van der Waals surface area contributed by atoms with Crippen molar-refractivity contribution in [2.24, 2.45) is 0 Å². The number of nitrogen functional groups attached to an aromatic ring is 1. The first-order chi connectivity index (χ1) is 8.65. The van der Waals surface area contributed by atoms with E-state index in [4.69, 9.17) is 10.2 Å². The molecule has 0 fully saturated rings. The maximum Gasteiger partial charge on any atom is 0.255 e. The summed E-state index contributed by atoms with van der Waals surface area (Å²) < 4.78 is 6.84. The highest BCUT2D eigenvalue weighted by Crippen LogP contribution is 2.17. The summed E-state index contributed by atoms with van der Waals surface area (Å²) >= 11 is 1.55. The van der Waals surface area contributed by atoms with E-state index in [1.54, 1.807) is 34.9 Å². The molecule has 2 rings (SSSR count). The molecule has 0 saturated carbocycles. The van der Waals surface area contributed by atoms with Crippen molar-refractivity contribution in [2.75, 3.05) is 11.5 Å². The summed E-state index contributed by atoms with van der Waals surface area (Å²) in [6.45, 7) is 2.54. The van der Waals surface area contributed by atoms with E-state index in [-0.39, 0.29) is 5.56 Å². The monoisotopic (exact) mass is 265 g/mol. The predicted octanol–water partition coefficient (Wildman–Crippen LogP) is 1.91. The number of thioether (sulfide) groups is 1. The number of nitrogens with zero attached hydrogens (tertiary/aromatic N) is 2. The van der Waals surface area contributed by atoms with Crippen molar-refractivity contribution in [3.63, 3.8) is 0 Å². The Kier molecular flexibility index (Phi) is 4.09. The molecule has 2 aromatic heterocycles. The molecule has 2 N–H and O–H groups in total. The molecule has 6 heteroatoms.